The van der Waals surface area contributed by atoms with Crippen LogP contribution < -0.4 is 5.43 Å². The molecule has 0 unspecified atom stereocenters. The third-order valence-corrected chi connectivity index (χ3v) is 6.01. The molecule has 1 aliphatic heterocycles. The summed E-state index contributed by atoms with van der Waals surface area (Å²) < 4.78 is 31.9. The molecule has 1 amide bonds. The number of allylic oxidation sites excluding steroid dienone is 1. The van der Waals surface area contributed by atoms with E-state index < -0.39 is 15.9 Å². The van der Waals surface area contributed by atoms with Gasteiger partial charge in [0.2, 0.25) is 10.0 Å². The van der Waals surface area contributed by atoms with Gasteiger partial charge in [-0.25, -0.2) is 13.8 Å². The van der Waals surface area contributed by atoms with Crippen LogP contribution in [0.2, 0.25) is 0 Å². The smallest absolute Gasteiger partial charge is 0.271 e. The van der Waals surface area contributed by atoms with E-state index in [2.05, 4.69) is 10.5 Å². The van der Waals surface area contributed by atoms with Crippen molar-refractivity contribution in [2.45, 2.75) is 4.90 Å². The zero-order valence-electron chi connectivity index (χ0n) is 15.2. The van der Waals surface area contributed by atoms with Crippen LogP contribution in [-0.4, -0.2) is 51.1 Å². The molecule has 2 aromatic carbocycles. The molecule has 0 bridgehead atoms. The van der Waals surface area contributed by atoms with Crippen molar-refractivity contribution >= 4 is 28.2 Å². The van der Waals surface area contributed by atoms with E-state index in [1.54, 1.807) is 18.2 Å². The minimum atomic E-state index is -3.65. The number of amides is 1. The molecule has 1 saturated heterocycles. The molecule has 0 atom stereocenters. The molecule has 0 aromatic heterocycles. The molecule has 0 radical (unpaired) electrons. The summed E-state index contributed by atoms with van der Waals surface area (Å²) in [5.74, 6) is -0.483. The summed E-state index contributed by atoms with van der Waals surface area (Å²) >= 11 is 0. The normalized spacial score (nSPS) is 15.9. The molecule has 8 heteroatoms. The lowest BCUT2D eigenvalue weighted by molar-refractivity contribution is 0.0730. The second-order valence-corrected chi connectivity index (χ2v) is 7.97. The van der Waals surface area contributed by atoms with Crippen LogP contribution in [0.3, 0.4) is 0 Å². The Kier molecular flexibility index (Phi) is 6.70. The highest BCUT2D eigenvalue weighted by atomic mass is 32.2. The third kappa shape index (κ3) is 5.13. The molecule has 3 rings (SSSR count). The Balaban J connectivity index is 1.63. The van der Waals surface area contributed by atoms with Crippen LogP contribution in [0.15, 0.2) is 70.7 Å². The van der Waals surface area contributed by atoms with Crippen molar-refractivity contribution < 1.29 is 17.9 Å². The van der Waals surface area contributed by atoms with Crippen molar-refractivity contribution in [2.24, 2.45) is 5.10 Å². The number of rotatable bonds is 6. The predicted molar refractivity (Wildman–Crippen MR) is 107 cm³/mol. The SMILES string of the molecule is O=C(NN=CC=Cc1ccccc1)c1cccc(S(=O)(=O)N2CCOCC2)c1. The van der Waals surface area contributed by atoms with Crippen molar-refractivity contribution in [3.63, 3.8) is 0 Å². The van der Waals surface area contributed by atoms with Crippen LogP contribution in [0.25, 0.3) is 6.08 Å². The number of carbonyl (C=O) groups excluding carboxylic acids is 1. The van der Waals surface area contributed by atoms with E-state index >= 15 is 0 Å². The molecule has 7 nitrogen and oxygen atoms in total. The largest absolute Gasteiger partial charge is 0.379 e. The highest BCUT2D eigenvalue weighted by Gasteiger charge is 2.26. The first-order chi connectivity index (χ1) is 13.6. The third-order valence-electron chi connectivity index (χ3n) is 4.12. The van der Waals surface area contributed by atoms with Crippen molar-refractivity contribution in [3.8, 4) is 0 Å². The maximum atomic E-state index is 12.7. The number of nitrogens with zero attached hydrogens (tertiary/aromatic N) is 2. The van der Waals surface area contributed by atoms with Crippen LogP contribution in [0.1, 0.15) is 15.9 Å². The van der Waals surface area contributed by atoms with Crippen LogP contribution >= 0.6 is 0 Å². The highest BCUT2D eigenvalue weighted by molar-refractivity contribution is 7.89. The van der Waals surface area contributed by atoms with Crippen LogP contribution in [0.5, 0.6) is 0 Å². The summed E-state index contributed by atoms with van der Waals surface area (Å²) in [6.45, 7) is 1.34. The van der Waals surface area contributed by atoms with E-state index in [9.17, 15) is 13.2 Å². The van der Waals surface area contributed by atoms with Gasteiger partial charge in [-0.2, -0.15) is 9.41 Å². The van der Waals surface area contributed by atoms with E-state index in [1.807, 2.05) is 36.4 Å². The Hall–Kier alpha value is -2.81. The Bertz CT molecular complexity index is 966. The van der Waals surface area contributed by atoms with E-state index in [-0.39, 0.29) is 10.5 Å². The zero-order valence-corrected chi connectivity index (χ0v) is 16.0. The van der Waals surface area contributed by atoms with Gasteiger partial charge in [-0.05, 0) is 29.8 Å². The van der Waals surface area contributed by atoms with Crippen LogP contribution in [0.4, 0.5) is 0 Å². The van der Waals surface area contributed by atoms with Crippen LogP contribution in [0, 0.1) is 0 Å². The van der Waals surface area contributed by atoms with E-state index in [4.69, 9.17) is 4.74 Å². The summed E-state index contributed by atoms with van der Waals surface area (Å²) in [7, 11) is -3.65. The fraction of sp³-hybridized carbons (Fsp3) is 0.200. The fourth-order valence-electron chi connectivity index (χ4n) is 2.66. The van der Waals surface area contributed by atoms with Crippen molar-refractivity contribution in [1.29, 1.82) is 0 Å². The second kappa shape index (κ2) is 9.41. The molecule has 1 N–H and O–H groups in total. The number of sulfonamides is 1. The molecule has 1 fully saturated rings. The zero-order chi connectivity index (χ0) is 19.8. The van der Waals surface area contributed by atoms with E-state index in [0.717, 1.165) is 5.56 Å². The van der Waals surface area contributed by atoms with Crippen molar-refractivity contribution in [2.75, 3.05) is 26.3 Å². The molecule has 0 saturated carbocycles. The van der Waals surface area contributed by atoms with Gasteiger partial charge in [0.05, 0.1) is 18.1 Å². The number of nitrogens with one attached hydrogen (secondary N) is 1. The van der Waals surface area contributed by atoms with Gasteiger partial charge in [-0.15, -0.1) is 0 Å². The number of carbonyl (C=O) groups is 1. The molecule has 0 aliphatic carbocycles. The van der Waals surface area contributed by atoms with Crippen molar-refractivity contribution in [1.82, 2.24) is 9.73 Å². The average Bonchev–Trinajstić information content (AvgIpc) is 2.75. The Morgan fingerprint density at radius 1 is 1.07 bits per heavy atom. The summed E-state index contributed by atoms with van der Waals surface area (Å²) in [5.41, 5.74) is 3.63. The number of ether oxygens (including phenoxy) is 1. The number of hydrogen-bond donors (Lipinski definition) is 1. The van der Waals surface area contributed by atoms with Crippen molar-refractivity contribution in [3.05, 3.63) is 71.8 Å². The first-order valence-corrected chi connectivity index (χ1v) is 10.2. The predicted octanol–water partition coefficient (Wildman–Crippen LogP) is 2.14. The molecule has 146 valence electrons. The number of hydrogen-bond acceptors (Lipinski definition) is 5. The van der Waals surface area contributed by atoms with Crippen LogP contribution in [-0.2, 0) is 14.8 Å². The van der Waals surface area contributed by atoms with Gasteiger partial charge >= 0.3 is 0 Å². The quantitative estimate of drug-likeness (QED) is 0.595. The monoisotopic (exact) mass is 399 g/mol. The molecule has 28 heavy (non-hydrogen) atoms. The van der Waals surface area contributed by atoms with Gasteiger partial charge in [0.1, 0.15) is 0 Å². The summed E-state index contributed by atoms with van der Waals surface area (Å²) in [6.07, 6.45) is 5.01. The van der Waals surface area contributed by atoms with E-state index in [0.29, 0.717) is 26.3 Å². The molecular weight excluding hydrogens is 378 g/mol. The van der Waals surface area contributed by atoms with Gasteiger partial charge in [0.15, 0.2) is 0 Å². The molecule has 1 aliphatic rings. The molecule has 2 aromatic rings. The minimum Gasteiger partial charge on any atom is -0.379 e. The molecule has 0 spiro atoms. The maximum absolute atomic E-state index is 12.7. The standard InChI is InChI=1S/C20H21N3O4S/c24-20(22-21-11-5-8-17-6-2-1-3-7-17)18-9-4-10-19(16-18)28(25,26)23-12-14-27-15-13-23/h1-11,16H,12-15H2,(H,22,24). The van der Waals surface area contributed by atoms with Gasteiger partial charge in [-0.1, -0.05) is 42.5 Å². The average molecular weight is 399 g/mol. The first-order valence-electron chi connectivity index (χ1n) is 8.80. The minimum absolute atomic E-state index is 0.0787. The lowest BCUT2D eigenvalue weighted by Gasteiger charge is -2.26. The topological polar surface area (TPSA) is 88.1 Å². The molecular formula is C20H21N3O4S. The fourth-order valence-corrected chi connectivity index (χ4v) is 4.11. The van der Waals surface area contributed by atoms with Gasteiger partial charge in [0.25, 0.3) is 5.91 Å². The first kappa shape index (κ1) is 19.9. The maximum Gasteiger partial charge on any atom is 0.271 e. The Labute approximate surface area is 164 Å². The van der Waals surface area contributed by atoms with Gasteiger partial charge in [-0.3, -0.25) is 4.79 Å². The Morgan fingerprint density at radius 2 is 1.82 bits per heavy atom. The number of benzene rings is 2. The summed E-state index contributed by atoms with van der Waals surface area (Å²) in [5, 5.41) is 3.86. The summed E-state index contributed by atoms with van der Waals surface area (Å²) in [4.78, 5) is 12.3. The highest BCUT2D eigenvalue weighted by Crippen LogP contribution is 2.18. The lowest BCUT2D eigenvalue weighted by atomic mass is 10.2. The molecule has 1 heterocycles. The van der Waals surface area contributed by atoms with E-state index in [1.165, 1.54) is 22.7 Å². The summed E-state index contributed by atoms with van der Waals surface area (Å²) in [6, 6.07) is 15.6. The number of morpholine rings is 1. The Morgan fingerprint density at radius 3 is 2.57 bits per heavy atom. The lowest BCUT2D eigenvalue weighted by Crippen LogP contribution is -2.40. The second-order valence-electron chi connectivity index (χ2n) is 6.03. The van der Waals surface area contributed by atoms with Gasteiger partial charge < -0.3 is 4.74 Å². The number of hydrazone groups is 1. The van der Waals surface area contributed by atoms with Gasteiger partial charge in [0, 0.05) is 24.9 Å².